The third-order valence-electron chi connectivity index (χ3n) is 5.21. The minimum absolute atomic E-state index is 0.00738. The molecule has 0 unspecified atom stereocenters. The van der Waals surface area contributed by atoms with Crippen LogP contribution in [0.25, 0.3) is 0 Å². The molecule has 142 valence electrons. The maximum atomic E-state index is 13.2. The van der Waals surface area contributed by atoms with Crippen LogP contribution in [0.3, 0.4) is 0 Å². The molecule has 7 heteroatoms. The second-order valence-electron chi connectivity index (χ2n) is 6.95. The molecule has 1 amide bonds. The number of hydroxylamine groups is 2. The lowest BCUT2D eigenvalue weighted by Gasteiger charge is -2.30. The van der Waals surface area contributed by atoms with Crippen LogP contribution in [0, 0.1) is 0 Å². The number of nitrogens with zero attached hydrogens (tertiary/aromatic N) is 3. The standard InChI is InChI=1S/C20H23N3O3S/c24-18(19-21-10-13-27-19)16-8-4-11-22(16)20(25)17-9-5-12-23(17)26-14-15-6-2-1-3-7-15/h1-3,6-7,10,13,16-17H,4-5,8-9,11-12,14H2/t16-,17-/m0/s1. The highest BCUT2D eigenvalue weighted by atomic mass is 32.1. The van der Waals surface area contributed by atoms with Crippen molar-refractivity contribution in [3.63, 3.8) is 0 Å². The van der Waals surface area contributed by atoms with E-state index in [0.29, 0.717) is 24.6 Å². The monoisotopic (exact) mass is 385 g/mol. The van der Waals surface area contributed by atoms with E-state index in [1.807, 2.05) is 30.3 Å². The van der Waals surface area contributed by atoms with Crippen molar-refractivity contribution < 1.29 is 14.4 Å². The van der Waals surface area contributed by atoms with E-state index in [1.165, 1.54) is 11.3 Å². The zero-order chi connectivity index (χ0) is 18.6. The third-order valence-corrected chi connectivity index (χ3v) is 6.00. The van der Waals surface area contributed by atoms with Gasteiger partial charge in [-0.25, -0.2) is 4.98 Å². The van der Waals surface area contributed by atoms with Gasteiger partial charge in [-0.05, 0) is 31.2 Å². The molecule has 2 atom stereocenters. The number of carbonyl (C=O) groups is 2. The molecule has 0 bridgehead atoms. The lowest BCUT2D eigenvalue weighted by atomic mass is 10.1. The molecule has 1 aromatic carbocycles. The Hall–Kier alpha value is -2.09. The smallest absolute Gasteiger partial charge is 0.242 e. The van der Waals surface area contributed by atoms with Gasteiger partial charge in [0, 0.05) is 24.7 Å². The van der Waals surface area contributed by atoms with E-state index in [9.17, 15) is 9.59 Å². The zero-order valence-corrected chi connectivity index (χ0v) is 15.9. The topological polar surface area (TPSA) is 62.7 Å². The predicted molar refractivity (Wildman–Crippen MR) is 102 cm³/mol. The Balaban J connectivity index is 1.42. The summed E-state index contributed by atoms with van der Waals surface area (Å²) in [6, 6.07) is 9.25. The van der Waals surface area contributed by atoms with Crippen molar-refractivity contribution in [3.05, 3.63) is 52.5 Å². The van der Waals surface area contributed by atoms with Crippen LogP contribution in [-0.2, 0) is 16.2 Å². The van der Waals surface area contributed by atoms with Crippen molar-refractivity contribution in [2.75, 3.05) is 13.1 Å². The van der Waals surface area contributed by atoms with Crippen LogP contribution >= 0.6 is 11.3 Å². The molecule has 0 N–H and O–H groups in total. The van der Waals surface area contributed by atoms with Crippen molar-refractivity contribution in [1.29, 1.82) is 0 Å². The molecule has 2 aromatic rings. The molecular weight excluding hydrogens is 362 g/mol. The van der Waals surface area contributed by atoms with E-state index >= 15 is 0 Å². The van der Waals surface area contributed by atoms with E-state index in [2.05, 4.69) is 4.98 Å². The minimum atomic E-state index is -0.389. The fraction of sp³-hybridized carbons (Fsp3) is 0.450. The summed E-state index contributed by atoms with van der Waals surface area (Å²) < 4.78 is 0. The maximum Gasteiger partial charge on any atom is 0.242 e. The van der Waals surface area contributed by atoms with E-state index in [-0.39, 0.29) is 23.8 Å². The van der Waals surface area contributed by atoms with Crippen LogP contribution in [0.15, 0.2) is 41.9 Å². The van der Waals surface area contributed by atoms with Crippen LogP contribution in [-0.4, -0.2) is 51.8 Å². The zero-order valence-electron chi connectivity index (χ0n) is 15.1. The van der Waals surface area contributed by atoms with Crippen LogP contribution in [0.1, 0.15) is 41.0 Å². The van der Waals surface area contributed by atoms with Crippen molar-refractivity contribution >= 4 is 23.0 Å². The summed E-state index contributed by atoms with van der Waals surface area (Å²) in [4.78, 5) is 37.7. The van der Waals surface area contributed by atoms with Gasteiger partial charge in [-0.15, -0.1) is 11.3 Å². The number of Topliss-reactive ketones (excluding diaryl/α,β-unsaturated/α-hetero) is 1. The molecule has 0 saturated carbocycles. The molecule has 0 radical (unpaired) electrons. The molecule has 6 nitrogen and oxygen atoms in total. The van der Waals surface area contributed by atoms with Gasteiger partial charge in [0.15, 0.2) is 5.01 Å². The van der Waals surface area contributed by atoms with Gasteiger partial charge in [0.2, 0.25) is 11.7 Å². The van der Waals surface area contributed by atoms with E-state index in [1.54, 1.807) is 21.5 Å². The molecule has 2 aliphatic heterocycles. The third kappa shape index (κ3) is 3.95. The fourth-order valence-electron chi connectivity index (χ4n) is 3.86. The maximum absolute atomic E-state index is 13.2. The number of ketones is 1. The average molecular weight is 385 g/mol. The number of likely N-dealkylation sites (tertiary alicyclic amines) is 1. The SMILES string of the molecule is O=C(c1nccs1)[C@@H]1CCCN1C(=O)[C@@H]1CCCN1OCc1ccccc1. The number of rotatable bonds is 6. The lowest BCUT2D eigenvalue weighted by molar-refractivity contribution is -0.189. The molecule has 27 heavy (non-hydrogen) atoms. The highest BCUT2D eigenvalue weighted by Crippen LogP contribution is 2.27. The summed E-state index contributed by atoms with van der Waals surface area (Å²) >= 11 is 1.34. The Morgan fingerprint density at radius 2 is 1.89 bits per heavy atom. The van der Waals surface area contributed by atoms with Crippen LogP contribution in [0.5, 0.6) is 0 Å². The second kappa shape index (κ2) is 8.29. The first-order valence-corrected chi connectivity index (χ1v) is 10.3. The van der Waals surface area contributed by atoms with Gasteiger partial charge in [0.05, 0.1) is 12.6 Å². The molecule has 3 heterocycles. The quantitative estimate of drug-likeness (QED) is 0.716. The predicted octanol–water partition coefficient (Wildman–Crippen LogP) is 2.91. The van der Waals surface area contributed by atoms with Crippen LogP contribution < -0.4 is 0 Å². The number of hydrogen-bond donors (Lipinski definition) is 0. The molecule has 0 aliphatic carbocycles. The number of carbonyl (C=O) groups excluding carboxylic acids is 2. The lowest BCUT2D eigenvalue weighted by Crippen LogP contribution is -2.49. The Morgan fingerprint density at radius 3 is 2.67 bits per heavy atom. The van der Waals surface area contributed by atoms with Gasteiger partial charge in [-0.3, -0.25) is 14.4 Å². The Bertz CT molecular complexity index is 781. The van der Waals surface area contributed by atoms with Crippen molar-refractivity contribution in [1.82, 2.24) is 14.9 Å². The number of aromatic nitrogens is 1. The van der Waals surface area contributed by atoms with Crippen LogP contribution in [0.2, 0.25) is 0 Å². The Morgan fingerprint density at radius 1 is 1.11 bits per heavy atom. The number of amides is 1. The Kier molecular flexibility index (Phi) is 5.61. The summed E-state index contributed by atoms with van der Waals surface area (Å²) in [7, 11) is 0. The molecule has 1 aromatic heterocycles. The van der Waals surface area contributed by atoms with E-state index in [0.717, 1.165) is 31.4 Å². The fourth-order valence-corrected chi connectivity index (χ4v) is 4.48. The van der Waals surface area contributed by atoms with Gasteiger partial charge in [-0.1, -0.05) is 30.3 Å². The largest absolute Gasteiger partial charge is 0.331 e. The van der Waals surface area contributed by atoms with Crippen molar-refractivity contribution in [2.24, 2.45) is 0 Å². The Labute approximate surface area is 162 Å². The van der Waals surface area contributed by atoms with Gasteiger partial charge >= 0.3 is 0 Å². The van der Waals surface area contributed by atoms with Crippen molar-refractivity contribution in [3.8, 4) is 0 Å². The summed E-state index contributed by atoms with van der Waals surface area (Å²) in [5.41, 5.74) is 1.08. The molecular formula is C20H23N3O3S. The molecule has 2 fully saturated rings. The summed E-state index contributed by atoms with van der Waals surface area (Å²) in [5, 5.41) is 4.09. The second-order valence-corrected chi connectivity index (χ2v) is 7.84. The first kappa shape index (κ1) is 18.3. The van der Waals surface area contributed by atoms with E-state index < -0.39 is 0 Å². The average Bonchev–Trinajstić information content (AvgIpc) is 3.47. The normalized spacial score (nSPS) is 23.0. The van der Waals surface area contributed by atoms with Gasteiger partial charge in [0.1, 0.15) is 6.04 Å². The summed E-state index contributed by atoms with van der Waals surface area (Å²) in [6.07, 6.45) is 4.88. The first-order valence-electron chi connectivity index (χ1n) is 9.42. The molecule has 0 spiro atoms. The van der Waals surface area contributed by atoms with Crippen molar-refractivity contribution in [2.45, 2.75) is 44.4 Å². The summed E-state index contributed by atoms with van der Waals surface area (Å²) in [5.74, 6) is -0.0291. The molecule has 2 aliphatic rings. The van der Waals surface area contributed by atoms with Gasteiger partial charge in [0.25, 0.3) is 0 Å². The van der Waals surface area contributed by atoms with Crippen LogP contribution in [0.4, 0.5) is 0 Å². The number of hydrogen-bond acceptors (Lipinski definition) is 6. The number of benzene rings is 1. The van der Waals surface area contributed by atoms with Gasteiger partial charge in [-0.2, -0.15) is 5.06 Å². The first-order chi connectivity index (χ1) is 13.2. The molecule has 4 rings (SSSR count). The number of thiazole rings is 1. The van der Waals surface area contributed by atoms with E-state index in [4.69, 9.17) is 4.84 Å². The minimum Gasteiger partial charge on any atom is -0.331 e. The van der Waals surface area contributed by atoms with Gasteiger partial charge < -0.3 is 4.90 Å². The molecule has 2 saturated heterocycles. The highest BCUT2D eigenvalue weighted by molar-refractivity contribution is 7.11. The highest BCUT2D eigenvalue weighted by Gasteiger charge is 2.41. The summed E-state index contributed by atoms with van der Waals surface area (Å²) in [6.45, 7) is 1.82.